The van der Waals surface area contributed by atoms with E-state index in [4.69, 9.17) is 16.3 Å². The van der Waals surface area contributed by atoms with Crippen molar-refractivity contribution in [1.82, 2.24) is 9.88 Å². The molecule has 0 radical (unpaired) electrons. The molecule has 6 heteroatoms. The number of fused-ring (bicyclic) bond motifs is 1. The van der Waals surface area contributed by atoms with Gasteiger partial charge in [0.15, 0.2) is 0 Å². The van der Waals surface area contributed by atoms with E-state index in [-0.39, 0.29) is 23.5 Å². The summed E-state index contributed by atoms with van der Waals surface area (Å²) >= 11 is 5.80. The van der Waals surface area contributed by atoms with Gasteiger partial charge in [-0.15, -0.1) is 0 Å². The molecule has 1 unspecified atom stereocenters. The molecule has 130 valence electrons. The van der Waals surface area contributed by atoms with Gasteiger partial charge in [0.1, 0.15) is 18.1 Å². The van der Waals surface area contributed by atoms with Crippen LogP contribution in [0.4, 0.5) is 4.39 Å². The highest BCUT2D eigenvalue weighted by Gasteiger charge is 2.13. The van der Waals surface area contributed by atoms with E-state index in [1.807, 2.05) is 42.0 Å². The van der Waals surface area contributed by atoms with Gasteiger partial charge in [-0.3, -0.25) is 4.79 Å². The van der Waals surface area contributed by atoms with Crippen molar-refractivity contribution in [2.45, 2.75) is 19.5 Å². The average molecular weight is 361 g/mol. The van der Waals surface area contributed by atoms with E-state index < -0.39 is 5.82 Å². The zero-order chi connectivity index (χ0) is 18.0. The lowest BCUT2D eigenvalue weighted by molar-refractivity contribution is -0.122. The van der Waals surface area contributed by atoms with Gasteiger partial charge in [-0.1, -0.05) is 17.7 Å². The first-order valence-electron chi connectivity index (χ1n) is 7.85. The number of nitrogens with zero attached hydrogens (tertiary/aromatic N) is 1. The minimum Gasteiger partial charge on any atom is -0.497 e. The fourth-order valence-corrected chi connectivity index (χ4v) is 2.94. The van der Waals surface area contributed by atoms with Crippen molar-refractivity contribution in [1.29, 1.82) is 0 Å². The minimum atomic E-state index is -0.474. The molecule has 3 rings (SSSR count). The second-order valence-electron chi connectivity index (χ2n) is 5.83. The Balaban J connectivity index is 1.71. The highest BCUT2D eigenvalue weighted by molar-refractivity contribution is 6.30. The maximum absolute atomic E-state index is 13.2. The molecule has 0 fully saturated rings. The summed E-state index contributed by atoms with van der Waals surface area (Å²) in [6, 6.07) is 11.8. The molecule has 2 aromatic carbocycles. The third-order valence-electron chi connectivity index (χ3n) is 4.11. The van der Waals surface area contributed by atoms with Gasteiger partial charge in [0.05, 0.1) is 18.2 Å². The quantitative estimate of drug-likeness (QED) is 0.736. The molecule has 1 atom stereocenters. The Morgan fingerprint density at radius 2 is 2.08 bits per heavy atom. The smallest absolute Gasteiger partial charge is 0.240 e. The summed E-state index contributed by atoms with van der Waals surface area (Å²) in [7, 11) is 1.62. The Labute approximate surface area is 150 Å². The van der Waals surface area contributed by atoms with E-state index >= 15 is 0 Å². The molecule has 4 nitrogen and oxygen atoms in total. The summed E-state index contributed by atoms with van der Waals surface area (Å²) in [6.07, 6.45) is 1.86. The number of nitrogens with one attached hydrogen (secondary N) is 1. The first-order chi connectivity index (χ1) is 12.0. The van der Waals surface area contributed by atoms with Crippen molar-refractivity contribution in [2.24, 2.45) is 0 Å². The number of amides is 1. The number of aromatic nitrogens is 1. The topological polar surface area (TPSA) is 43.3 Å². The van der Waals surface area contributed by atoms with Gasteiger partial charge in [0.25, 0.3) is 0 Å². The molecule has 3 aromatic rings. The highest BCUT2D eigenvalue weighted by atomic mass is 35.5. The Hall–Kier alpha value is -2.53. The Morgan fingerprint density at radius 3 is 2.80 bits per heavy atom. The van der Waals surface area contributed by atoms with Gasteiger partial charge in [-0.25, -0.2) is 4.39 Å². The molecule has 0 saturated heterocycles. The van der Waals surface area contributed by atoms with Gasteiger partial charge in [0.2, 0.25) is 5.91 Å². The van der Waals surface area contributed by atoms with Gasteiger partial charge in [-0.2, -0.15) is 0 Å². The first-order valence-corrected chi connectivity index (χ1v) is 8.23. The number of rotatable bonds is 5. The van der Waals surface area contributed by atoms with Crippen LogP contribution in [0.2, 0.25) is 5.02 Å². The van der Waals surface area contributed by atoms with Crippen LogP contribution in [-0.2, 0) is 11.3 Å². The summed E-state index contributed by atoms with van der Waals surface area (Å²) < 4.78 is 20.3. The zero-order valence-electron chi connectivity index (χ0n) is 13.9. The van der Waals surface area contributed by atoms with Crippen molar-refractivity contribution in [3.8, 4) is 5.75 Å². The average Bonchev–Trinajstić information content (AvgIpc) is 2.99. The van der Waals surface area contributed by atoms with Gasteiger partial charge in [-0.05, 0) is 48.9 Å². The standard InChI is InChI=1S/C19H18ClFN2O2/c1-12(13-3-5-17(21)16(20)10-13)22-19(24)11-23-8-7-14-9-15(25-2)4-6-18(14)23/h3-10,12H,11H2,1-2H3,(H,22,24). The van der Waals surface area contributed by atoms with E-state index in [2.05, 4.69) is 5.32 Å². The predicted octanol–water partition coefficient (Wildman–Crippen LogP) is 4.32. The lowest BCUT2D eigenvalue weighted by Gasteiger charge is -2.15. The minimum absolute atomic E-state index is 0.0453. The number of hydrogen-bond acceptors (Lipinski definition) is 2. The van der Waals surface area contributed by atoms with E-state index in [1.165, 1.54) is 12.1 Å². The van der Waals surface area contributed by atoms with Crippen LogP contribution < -0.4 is 10.1 Å². The number of ether oxygens (including phenoxy) is 1. The molecule has 1 aromatic heterocycles. The summed E-state index contributed by atoms with van der Waals surface area (Å²) in [5.74, 6) is 0.163. The van der Waals surface area contributed by atoms with E-state index in [1.54, 1.807) is 13.2 Å². The first kappa shape index (κ1) is 17.3. The van der Waals surface area contributed by atoms with Crippen LogP contribution in [0.15, 0.2) is 48.7 Å². The molecule has 0 aliphatic rings. The fraction of sp³-hybridized carbons (Fsp3) is 0.211. The Morgan fingerprint density at radius 1 is 1.28 bits per heavy atom. The number of halogens is 2. The number of hydrogen-bond donors (Lipinski definition) is 1. The normalized spacial score (nSPS) is 12.2. The molecule has 0 aliphatic heterocycles. The molecule has 25 heavy (non-hydrogen) atoms. The molecule has 0 spiro atoms. The van der Waals surface area contributed by atoms with Crippen molar-refractivity contribution < 1.29 is 13.9 Å². The van der Waals surface area contributed by atoms with Crippen LogP contribution in [0.1, 0.15) is 18.5 Å². The molecule has 1 N–H and O–H groups in total. The van der Waals surface area contributed by atoms with Crippen LogP contribution in [0, 0.1) is 5.82 Å². The van der Waals surface area contributed by atoms with Gasteiger partial charge < -0.3 is 14.6 Å². The Kier molecular flexibility index (Phi) is 4.95. The zero-order valence-corrected chi connectivity index (χ0v) is 14.7. The lowest BCUT2D eigenvalue weighted by atomic mass is 10.1. The third-order valence-corrected chi connectivity index (χ3v) is 4.40. The van der Waals surface area contributed by atoms with Crippen molar-refractivity contribution in [3.63, 3.8) is 0 Å². The van der Waals surface area contributed by atoms with Crippen LogP contribution in [0.3, 0.4) is 0 Å². The van der Waals surface area contributed by atoms with E-state index in [0.717, 1.165) is 22.2 Å². The van der Waals surface area contributed by atoms with Crippen LogP contribution in [-0.4, -0.2) is 17.6 Å². The maximum atomic E-state index is 13.2. The largest absolute Gasteiger partial charge is 0.497 e. The van der Waals surface area contributed by atoms with Crippen LogP contribution in [0.5, 0.6) is 5.75 Å². The molecular weight excluding hydrogens is 343 g/mol. The van der Waals surface area contributed by atoms with Crippen molar-refractivity contribution in [2.75, 3.05) is 7.11 Å². The second-order valence-corrected chi connectivity index (χ2v) is 6.24. The number of carbonyl (C=O) groups excluding carboxylic acids is 1. The molecule has 0 saturated carbocycles. The molecule has 1 amide bonds. The predicted molar refractivity (Wildman–Crippen MR) is 96.5 cm³/mol. The van der Waals surface area contributed by atoms with Crippen LogP contribution in [0.25, 0.3) is 10.9 Å². The van der Waals surface area contributed by atoms with Crippen LogP contribution >= 0.6 is 11.6 Å². The number of benzene rings is 2. The fourth-order valence-electron chi connectivity index (χ4n) is 2.75. The van der Waals surface area contributed by atoms with Gasteiger partial charge >= 0.3 is 0 Å². The van der Waals surface area contributed by atoms with Crippen molar-refractivity contribution in [3.05, 3.63) is 65.1 Å². The van der Waals surface area contributed by atoms with Crippen molar-refractivity contribution >= 4 is 28.4 Å². The number of methoxy groups -OCH3 is 1. The van der Waals surface area contributed by atoms with Gasteiger partial charge in [0, 0.05) is 17.1 Å². The maximum Gasteiger partial charge on any atom is 0.240 e. The van der Waals surface area contributed by atoms with E-state index in [9.17, 15) is 9.18 Å². The lowest BCUT2D eigenvalue weighted by Crippen LogP contribution is -2.29. The third kappa shape index (κ3) is 3.77. The Bertz CT molecular complexity index is 923. The summed E-state index contributed by atoms with van der Waals surface area (Å²) in [4.78, 5) is 12.3. The second kappa shape index (κ2) is 7.15. The molecule has 0 bridgehead atoms. The highest BCUT2D eigenvalue weighted by Crippen LogP contribution is 2.23. The molecular formula is C19H18ClFN2O2. The van der Waals surface area contributed by atoms with E-state index in [0.29, 0.717) is 0 Å². The molecule has 1 heterocycles. The molecule has 0 aliphatic carbocycles. The summed E-state index contributed by atoms with van der Waals surface area (Å²) in [5.41, 5.74) is 1.70. The summed E-state index contributed by atoms with van der Waals surface area (Å²) in [5, 5.41) is 3.95. The summed E-state index contributed by atoms with van der Waals surface area (Å²) in [6.45, 7) is 2.02. The number of carbonyl (C=O) groups is 1. The SMILES string of the molecule is COc1ccc2c(ccn2CC(=O)NC(C)c2ccc(F)c(Cl)c2)c1. The monoisotopic (exact) mass is 360 g/mol.